The van der Waals surface area contributed by atoms with Crippen LogP contribution in [0.1, 0.15) is 16.7 Å². The molecule has 0 aliphatic carbocycles. The minimum atomic E-state index is 0.734. The zero-order chi connectivity index (χ0) is 20.4. The normalized spacial score (nSPS) is 17.4. The predicted octanol–water partition coefficient (Wildman–Crippen LogP) is 2.70. The van der Waals surface area contributed by atoms with Crippen molar-refractivity contribution in [1.29, 1.82) is 0 Å². The molecule has 1 fully saturated rings. The maximum Gasteiger partial charge on any atom is 0.161 e. The third-order valence-electron chi connectivity index (χ3n) is 5.85. The SMILES string of the molecule is COc1cc2c(cc1OC)C(c1ccc(N3CCN(C)CC3)cc1)=NN(C)CC2. The maximum atomic E-state index is 5.56. The number of ether oxygens (including phenoxy) is 2. The highest BCUT2D eigenvalue weighted by Gasteiger charge is 2.21. The molecule has 0 saturated carbocycles. The van der Waals surface area contributed by atoms with Crippen LogP contribution in [0.3, 0.4) is 0 Å². The molecule has 6 nitrogen and oxygen atoms in total. The van der Waals surface area contributed by atoms with E-state index in [-0.39, 0.29) is 0 Å². The highest BCUT2D eigenvalue weighted by molar-refractivity contribution is 6.14. The van der Waals surface area contributed by atoms with Gasteiger partial charge in [-0.05, 0) is 43.3 Å². The fourth-order valence-corrected chi connectivity index (χ4v) is 4.01. The molecule has 2 aliphatic rings. The van der Waals surface area contributed by atoms with Crippen molar-refractivity contribution in [1.82, 2.24) is 9.91 Å². The second kappa shape index (κ2) is 8.33. The second-order valence-electron chi connectivity index (χ2n) is 7.78. The minimum Gasteiger partial charge on any atom is -0.493 e. The number of rotatable bonds is 4. The van der Waals surface area contributed by atoms with E-state index in [9.17, 15) is 0 Å². The third kappa shape index (κ3) is 4.03. The Hall–Kier alpha value is -2.73. The predicted molar refractivity (Wildman–Crippen MR) is 118 cm³/mol. The van der Waals surface area contributed by atoms with Crippen LogP contribution in [0.4, 0.5) is 5.69 Å². The molecule has 0 N–H and O–H groups in total. The highest BCUT2D eigenvalue weighted by Crippen LogP contribution is 2.33. The molecular formula is C23H30N4O2. The Morgan fingerprint density at radius 2 is 1.48 bits per heavy atom. The summed E-state index contributed by atoms with van der Waals surface area (Å²) >= 11 is 0. The van der Waals surface area contributed by atoms with E-state index in [1.165, 1.54) is 11.3 Å². The Bertz CT molecular complexity index is 886. The van der Waals surface area contributed by atoms with Gasteiger partial charge >= 0.3 is 0 Å². The number of piperazine rings is 1. The van der Waals surface area contributed by atoms with Crippen LogP contribution in [0.5, 0.6) is 11.5 Å². The molecule has 2 aliphatic heterocycles. The van der Waals surface area contributed by atoms with E-state index in [0.717, 1.165) is 67.5 Å². The quantitative estimate of drug-likeness (QED) is 0.798. The van der Waals surface area contributed by atoms with Gasteiger partial charge in [-0.25, -0.2) is 0 Å². The molecule has 1 saturated heterocycles. The molecule has 2 aromatic rings. The Kier molecular flexibility index (Phi) is 5.62. The highest BCUT2D eigenvalue weighted by atomic mass is 16.5. The van der Waals surface area contributed by atoms with Crippen molar-refractivity contribution in [2.24, 2.45) is 5.10 Å². The van der Waals surface area contributed by atoms with Crippen LogP contribution in [0.2, 0.25) is 0 Å². The van der Waals surface area contributed by atoms with E-state index in [2.05, 4.69) is 53.2 Å². The van der Waals surface area contributed by atoms with Crippen LogP contribution in [0, 0.1) is 0 Å². The third-order valence-corrected chi connectivity index (χ3v) is 5.85. The van der Waals surface area contributed by atoms with Crippen LogP contribution < -0.4 is 14.4 Å². The summed E-state index contributed by atoms with van der Waals surface area (Å²) in [4.78, 5) is 4.83. The number of nitrogens with zero attached hydrogens (tertiary/aromatic N) is 4. The fraction of sp³-hybridized carbons (Fsp3) is 0.435. The molecule has 0 atom stereocenters. The molecule has 0 unspecified atom stereocenters. The van der Waals surface area contributed by atoms with Crippen LogP contribution in [-0.2, 0) is 6.42 Å². The van der Waals surface area contributed by atoms with Crippen molar-refractivity contribution < 1.29 is 9.47 Å². The van der Waals surface area contributed by atoms with Crippen LogP contribution in [0.25, 0.3) is 0 Å². The summed E-state index contributed by atoms with van der Waals surface area (Å²) in [6.07, 6.45) is 0.915. The van der Waals surface area contributed by atoms with Crippen molar-refractivity contribution in [3.05, 3.63) is 53.1 Å². The van der Waals surface area contributed by atoms with Gasteiger partial charge < -0.3 is 19.3 Å². The Balaban J connectivity index is 1.68. The number of hydrogen-bond donors (Lipinski definition) is 0. The number of benzene rings is 2. The summed E-state index contributed by atoms with van der Waals surface area (Å²) in [6.45, 7) is 5.21. The van der Waals surface area contributed by atoms with Crippen molar-refractivity contribution in [3.63, 3.8) is 0 Å². The van der Waals surface area contributed by atoms with Gasteiger partial charge in [-0.1, -0.05) is 12.1 Å². The monoisotopic (exact) mass is 394 g/mol. The zero-order valence-corrected chi connectivity index (χ0v) is 17.8. The van der Waals surface area contributed by atoms with Crippen molar-refractivity contribution in [3.8, 4) is 11.5 Å². The van der Waals surface area contributed by atoms with Crippen LogP contribution in [-0.4, -0.2) is 76.7 Å². The molecule has 0 radical (unpaired) electrons. The molecule has 154 valence electrons. The summed E-state index contributed by atoms with van der Waals surface area (Å²) in [5.74, 6) is 1.50. The molecule has 0 bridgehead atoms. The van der Waals surface area contributed by atoms with Crippen molar-refractivity contribution >= 4 is 11.4 Å². The first-order chi connectivity index (χ1) is 14.1. The number of hydrogen-bond acceptors (Lipinski definition) is 6. The van der Waals surface area contributed by atoms with Crippen LogP contribution >= 0.6 is 0 Å². The Morgan fingerprint density at radius 1 is 0.828 bits per heavy atom. The van der Waals surface area contributed by atoms with Gasteiger partial charge in [0.15, 0.2) is 11.5 Å². The summed E-state index contributed by atoms with van der Waals surface area (Å²) in [7, 11) is 7.56. The number of hydrazone groups is 1. The first kappa shape index (κ1) is 19.6. The lowest BCUT2D eigenvalue weighted by Crippen LogP contribution is -2.44. The lowest BCUT2D eigenvalue weighted by molar-refractivity contribution is 0.313. The molecule has 0 amide bonds. The van der Waals surface area contributed by atoms with E-state index in [0.29, 0.717) is 0 Å². The Morgan fingerprint density at radius 3 is 2.14 bits per heavy atom. The maximum absolute atomic E-state index is 5.56. The standard InChI is InChI=1S/C23H30N4O2/c1-25-11-13-27(14-12-25)19-7-5-17(6-8-19)23-20-16-22(29-4)21(28-3)15-18(20)9-10-26(2)24-23/h5-8,15-16H,9-14H2,1-4H3. The Labute approximate surface area is 173 Å². The van der Waals surface area contributed by atoms with Gasteiger partial charge in [-0.15, -0.1) is 0 Å². The minimum absolute atomic E-state index is 0.734. The first-order valence-electron chi connectivity index (χ1n) is 10.2. The summed E-state index contributed by atoms with van der Waals surface area (Å²) < 4.78 is 11.1. The number of methoxy groups -OCH3 is 2. The van der Waals surface area contributed by atoms with Crippen molar-refractivity contribution in [2.45, 2.75) is 6.42 Å². The van der Waals surface area contributed by atoms with E-state index < -0.39 is 0 Å². The van der Waals surface area contributed by atoms with Gasteiger partial charge in [0.05, 0.1) is 19.9 Å². The lowest BCUT2D eigenvalue weighted by Gasteiger charge is -2.34. The van der Waals surface area contributed by atoms with Gasteiger partial charge in [0.2, 0.25) is 0 Å². The molecule has 2 heterocycles. The summed E-state index contributed by atoms with van der Waals surface area (Å²) in [5, 5.41) is 6.92. The van der Waals surface area contributed by atoms with Gasteiger partial charge in [-0.2, -0.15) is 5.10 Å². The fourth-order valence-electron chi connectivity index (χ4n) is 4.01. The number of fused-ring (bicyclic) bond motifs is 1. The summed E-state index contributed by atoms with van der Waals surface area (Å²) in [6, 6.07) is 12.9. The molecule has 0 spiro atoms. The first-order valence-corrected chi connectivity index (χ1v) is 10.2. The molecule has 2 aromatic carbocycles. The number of anilines is 1. The zero-order valence-electron chi connectivity index (χ0n) is 17.8. The topological polar surface area (TPSA) is 40.5 Å². The van der Waals surface area contributed by atoms with E-state index in [4.69, 9.17) is 14.6 Å². The van der Waals surface area contributed by atoms with Gasteiger partial charge in [0.1, 0.15) is 0 Å². The number of likely N-dealkylation sites (N-methyl/N-ethyl adjacent to an activating group) is 2. The van der Waals surface area contributed by atoms with E-state index >= 15 is 0 Å². The molecule has 6 heteroatoms. The van der Waals surface area contributed by atoms with Gasteiger partial charge in [0.25, 0.3) is 0 Å². The molecule has 4 rings (SSSR count). The second-order valence-corrected chi connectivity index (χ2v) is 7.78. The van der Waals surface area contributed by atoms with Crippen LogP contribution in [0.15, 0.2) is 41.5 Å². The van der Waals surface area contributed by atoms with E-state index in [1.54, 1.807) is 14.2 Å². The van der Waals surface area contributed by atoms with Gasteiger partial charge in [-0.3, -0.25) is 5.01 Å². The lowest BCUT2D eigenvalue weighted by atomic mass is 9.95. The average molecular weight is 395 g/mol. The molecular weight excluding hydrogens is 364 g/mol. The molecule has 29 heavy (non-hydrogen) atoms. The summed E-state index contributed by atoms with van der Waals surface area (Å²) in [5.41, 5.74) is 5.71. The van der Waals surface area contributed by atoms with Crippen molar-refractivity contribution in [2.75, 3.05) is 65.9 Å². The van der Waals surface area contributed by atoms with Gasteiger partial charge in [0, 0.05) is 56.6 Å². The average Bonchev–Trinajstić information content (AvgIpc) is 2.92. The smallest absolute Gasteiger partial charge is 0.161 e. The molecule has 0 aromatic heterocycles. The largest absolute Gasteiger partial charge is 0.493 e. The van der Waals surface area contributed by atoms with E-state index in [1.807, 2.05) is 12.1 Å².